The molecule has 1 amide bonds. The highest BCUT2D eigenvalue weighted by Crippen LogP contribution is 2.42. The van der Waals surface area contributed by atoms with Crippen LogP contribution in [-0.2, 0) is 14.6 Å². The fourth-order valence-electron chi connectivity index (χ4n) is 6.69. The van der Waals surface area contributed by atoms with Crippen LogP contribution in [0.2, 0.25) is 0 Å². The van der Waals surface area contributed by atoms with E-state index in [1.807, 2.05) is 0 Å². The second kappa shape index (κ2) is 11.0. The monoisotopic (exact) mass is 481 g/mol. The summed E-state index contributed by atoms with van der Waals surface area (Å²) >= 11 is 0. The molecule has 0 aromatic heterocycles. The number of nitrogens with two attached hydrogens (primary N) is 1. The minimum atomic E-state index is -3.17. The summed E-state index contributed by atoms with van der Waals surface area (Å²) in [5.41, 5.74) is 5.84. The lowest BCUT2D eigenvalue weighted by Gasteiger charge is -2.37. The molecule has 33 heavy (non-hydrogen) atoms. The van der Waals surface area contributed by atoms with Gasteiger partial charge in [0.05, 0.1) is 22.9 Å². The summed E-state index contributed by atoms with van der Waals surface area (Å²) in [5.74, 6) is 1.28. The number of sulfone groups is 1. The van der Waals surface area contributed by atoms with E-state index in [0.29, 0.717) is 24.9 Å². The Morgan fingerprint density at radius 1 is 1.06 bits per heavy atom. The highest BCUT2D eigenvalue weighted by molar-refractivity contribution is 7.92. The molecule has 0 spiro atoms. The van der Waals surface area contributed by atoms with Crippen LogP contribution >= 0.6 is 0 Å². The normalized spacial score (nSPS) is 34.0. The van der Waals surface area contributed by atoms with Gasteiger partial charge in [-0.15, -0.1) is 0 Å². The predicted octanol–water partition coefficient (Wildman–Crippen LogP) is 1.64. The number of rotatable bonds is 8. The lowest BCUT2D eigenvalue weighted by atomic mass is 9.78. The van der Waals surface area contributed by atoms with E-state index in [-0.39, 0.29) is 40.7 Å². The van der Waals surface area contributed by atoms with Crippen LogP contribution in [0.3, 0.4) is 0 Å². The minimum Gasteiger partial charge on any atom is -0.387 e. The van der Waals surface area contributed by atoms with E-state index in [4.69, 9.17) is 11.1 Å². The predicted molar refractivity (Wildman–Crippen MR) is 131 cm³/mol. The van der Waals surface area contributed by atoms with E-state index in [1.54, 1.807) is 0 Å². The molecule has 4 rings (SSSR count). The molecule has 5 atom stereocenters. The molecule has 9 heteroatoms. The van der Waals surface area contributed by atoms with Crippen molar-refractivity contribution in [1.29, 1.82) is 5.41 Å². The summed E-state index contributed by atoms with van der Waals surface area (Å²) in [7, 11) is -3.17. The summed E-state index contributed by atoms with van der Waals surface area (Å²) in [6.07, 6.45) is 10.4. The number of hydrogen-bond acceptors (Lipinski definition) is 6. The lowest BCUT2D eigenvalue weighted by molar-refractivity contribution is -0.126. The molecule has 188 valence electrons. The first kappa shape index (κ1) is 24.9. The zero-order valence-corrected chi connectivity index (χ0v) is 20.8. The van der Waals surface area contributed by atoms with Crippen LogP contribution in [0, 0.1) is 23.2 Å². The molecule has 4 fully saturated rings. The maximum atomic E-state index is 13.3. The summed E-state index contributed by atoms with van der Waals surface area (Å²) in [4.78, 5) is 15.5. The molecule has 8 nitrogen and oxygen atoms in total. The molecule has 0 aromatic rings. The Kier molecular flexibility index (Phi) is 8.33. The summed E-state index contributed by atoms with van der Waals surface area (Å²) in [6.45, 7) is 3.09. The van der Waals surface area contributed by atoms with E-state index < -0.39 is 9.84 Å². The van der Waals surface area contributed by atoms with Crippen LogP contribution < -0.4 is 16.4 Å². The first-order valence-corrected chi connectivity index (χ1v) is 14.9. The Bertz CT molecular complexity index is 792. The molecular weight excluding hydrogens is 438 g/mol. The summed E-state index contributed by atoms with van der Waals surface area (Å²) < 4.78 is 26.2. The van der Waals surface area contributed by atoms with Crippen molar-refractivity contribution in [2.75, 3.05) is 31.9 Å². The largest absolute Gasteiger partial charge is 0.387 e. The van der Waals surface area contributed by atoms with E-state index in [2.05, 4.69) is 15.5 Å². The number of hydrogen-bond donors (Lipinski definition) is 4. The van der Waals surface area contributed by atoms with Crippen molar-refractivity contribution in [2.45, 2.75) is 88.0 Å². The Morgan fingerprint density at radius 2 is 1.85 bits per heavy atom. The SMILES string of the molecule is N=C(N)C1CCC2CC(C(=O)NC[C@H]3CCCNC3)N(CCS(=O)(=O)C3CCCCC3)C2C1. The first-order chi connectivity index (χ1) is 15.8. The molecule has 2 heterocycles. The van der Waals surface area contributed by atoms with Gasteiger partial charge in [-0.3, -0.25) is 15.1 Å². The van der Waals surface area contributed by atoms with Crippen molar-refractivity contribution in [3.63, 3.8) is 0 Å². The number of nitrogens with zero attached hydrogens (tertiary/aromatic N) is 1. The molecule has 4 unspecified atom stereocenters. The van der Waals surface area contributed by atoms with Crippen LogP contribution in [0.1, 0.15) is 70.6 Å². The van der Waals surface area contributed by atoms with Gasteiger partial charge in [-0.1, -0.05) is 19.3 Å². The molecule has 0 aromatic carbocycles. The van der Waals surface area contributed by atoms with Crippen molar-refractivity contribution in [2.24, 2.45) is 23.5 Å². The molecular formula is C24H43N5O3S. The first-order valence-electron chi connectivity index (χ1n) is 13.1. The zero-order chi connectivity index (χ0) is 23.4. The summed E-state index contributed by atoms with van der Waals surface area (Å²) in [5, 5.41) is 14.3. The fourth-order valence-corrected chi connectivity index (χ4v) is 8.54. The quantitative estimate of drug-likeness (QED) is 0.308. The van der Waals surface area contributed by atoms with Crippen molar-refractivity contribution >= 4 is 21.6 Å². The fraction of sp³-hybridized carbons (Fsp3) is 0.917. The molecule has 2 aliphatic carbocycles. The number of nitrogens with one attached hydrogen (secondary N) is 3. The number of carbonyl (C=O) groups is 1. The van der Waals surface area contributed by atoms with Gasteiger partial charge < -0.3 is 16.4 Å². The van der Waals surface area contributed by atoms with E-state index >= 15 is 0 Å². The van der Waals surface area contributed by atoms with Gasteiger partial charge in [0.2, 0.25) is 5.91 Å². The minimum absolute atomic E-state index is 0.0406. The van der Waals surface area contributed by atoms with Crippen LogP contribution in [0.4, 0.5) is 0 Å². The Morgan fingerprint density at radius 3 is 2.55 bits per heavy atom. The smallest absolute Gasteiger partial charge is 0.237 e. The van der Waals surface area contributed by atoms with Gasteiger partial charge >= 0.3 is 0 Å². The van der Waals surface area contributed by atoms with Gasteiger partial charge in [-0.25, -0.2) is 8.42 Å². The van der Waals surface area contributed by atoms with Crippen LogP contribution in [0.15, 0.2) is 0 Å². The molecule has 0 bridgehead atoms. The van der Waals surface area contributed by atoms with E-state index in [9.17, 15) is 13.2 Å². The van der Waals surface area contributed by atoms with Gasteiger partial charge in [-0.05, 0) is 76.3 Å². The maximum Gasteiger partial charge on any atom is 0.237 e. The zero-order valence-electron chi connectivity index (χ0n) is 19.9. The number of piperidine rings is 1. The number of fused-ring (bicyclic) bond motifs is 1. The number of carbonyl (C=O) groups excluding carboxylic acids is 1. The van der Waals surface area contributed by atoms with E-state index in [1.165, 1.54) is 0 Å². The van der Waals surface area contributed by atoms with Gasteiger partial charge in [0.1, 0.15) is 0 Å². The second-order valence-corrected chi connectivity index (χ2v) is 13.3. The number of amides is 1. The van der Waals surface area contributed by atoms with Crippen molar-refractivity contribution in [3.8, 4) is 0 Å². The molecule has 2 aliphatic heterocycles. The van der Waals surface area contributed by atoms with Crippen molar-refractivity contribution in [1.82, 2.24) is 15.5 Å². The Labute approximate surface area is 199 Å². The highest BCUT2D eigenvalue weighted by atomic mass is 32.2. The van der Waals surface area contributed by atoms with Crippen molar-refractivity contribution in [3.05, 3.63) is 0 Å². The van der Waals surface area contributed by atoms with Gasteiger partial charge in [0, 0.05) is 25.0 Å². The van der Waals surface area contributed by atoms with Gasteiger partial charge in [0.15, 0.2) is 9.84 Å². The highest BCUT2D eigenvalue weighted by Gasteiger charge is 2.47. The molecule has 4 aliphatic rings. The van der Waals surface area contributed by atoms with Crippen LogP contribution in [0.5, 0.6) is 0 Å². The van der Waals surface area contributed by atoms with E-state index in [0.717, 1.165) is 83.7 Å². The molecule has 5 N–H and O–H groups in total. The Hall–Kier alpha value is -1.19. The topological polar surface area (TPSA) is 128 Å². The third-order valence-corrected chi connectivity index (χ3v) is 10.9. The van der Waals surface area contributed by atoms with Crippen molar-refractivity contribution < 1.29 is 13.2 Å². The molecule has 0 radical (unpaired) electrons. The molecule has 2 saturated heterocycles. The average Bonchev–Trinajstić information content (AvgIpc) is 3.20. The maximum absolute atomic E-state index is 13.3. The number of amidine groups is 1. The second-order valence-electron chi connectivity index (χ2n) is 10.9. The average molecular weight is 482 g/mol. The number of likely N-dealkylation sites (tertiary alicyclic amines) is 1. The third kappa shape index (κ3) is 6.09. The Balaban J connectivity index is 1.43. The third-order valence-electron chi connectivity index (χ3n) is 8.71. The van der Waals surface area contributed by atoms with Crippen LogP contribution in [-0.4, -0.2) is 74.3 Å². The lowest BCUT2D eigenvalue weighted by Crippen LogP contribution is -2.51. The summed E-state index contributed by atoms with van der Waals surface area (Å²) in [6, 6.07) is -0.134. The molecule has 2 saturated carbocycles. The van der Waals surface area contributed by atoms with Crippen LogP contribution in [0.25, 0.3) is 0 Å². The standard InChI is InChI=1S/C24H43N5O3S/c25-23(26)19-9-8-18-13-22(24(30)28-16-17-5-4-10-27-15-17)29(21(18)14-19)11-12-33(31,32)20-6-2-1-3-7-20/h17-22,27H,1-16H2,(H3,25,26)(H,28,30)/t17-,18?,19?,21?,22?/m0/s1. The van der Waals surface area contributed by atoms with Gasteiger partial charge in [0.25, 0.3) is 0 Å². The van der Waals surface area contributed by atoms with Gasteiger partial charge in [-0.2, -0.15) is 0 Å².